The SMILES string of the molecule is CCc1cc(N2CCc3ccc(S(N)(=O)=O)cc3C2)nc(NC2CCCC2)n1. The highest BCUT2D eigenvalue weighted by Gasteiger charge is 2.22. The molecule has 1 aromatic heterocycles. The number of rotatable bonds is 5. The highest BCUT2D eigenvalue weighted by molar-refractivity contribution is 7.89. The van der Waals surface area contributed by atoms with Gasteiger partial charge in [0.15, 0.2) is 0 Å². The molecule has 1 aromatic carbocycles. The second-order valence-electron chi connectivity index (χ2n) is 7.67. The van der Waals surface area contributed by atoms with Crippen LogP contribution in [-0.4, -0.2) is 31.0 Å². The molecule has 4 rings (SSSR count). The second kappa shape index (κ2) is 7.67. The third-order valence-electron chi connectivity index (χ3n) is 5.66. The fourth-order valence-corrected chi connectivity index (χ4v) is 4.61. The number of primary sulfonamides is 1. The standard InChI is InChI=1S/C20H27N5O2S/c1-2-16-12-19(24-20(22-16)23-17-5-3-4-6-17)25-10-9-14-7-8-18(28(21,26)27)11-15(14)13-25/h7-8,11-12,17H,2-6,9-10,13H2,1H3,(H2,21,26,27)(H,22,23,24). The van der Waals surface area contributed by atoms with Gasteiger partial charge in [-0.25, -0.2) is 18.5 Å². The predicted octanol–water partition coefficient (Wildman–Crippen LogP) is 2.60. The molecule has 28 heavy (non-hydrogen) atoms. The van der Waals surface area contributed by atoms with E-state index < -0.39 is 10.0 Å². The van der Waals surface area contributed by atoms with Crippen molar-refractivity contribution in [2.75, 3.05) is 16.8 Å². The smallest absolute Gasteiger partial charge is 0.238 e. The maximum Gasteiger partial charge on any atom is 0.238 e. The van der Waals surface area contributed by atoms with Gasteiger partial charge in [0.05, 0.1) is 4.90 Å². The lowest BCUT2D eigenvalue weighted by Crippen LogP contribution is -2.32. The Hall–Kier alpha value is -2.19. The second-order valence-corrected chi connectivity index (χ2v) is 9.23. The molecule has 1 saturated carbocycles. The van der Waals surface area contributed by atoms with Crippen molar-refractivity contribution >= 4 is 21.8 Å². The number of fused-ring (bicyclic) bond motifs is 1. The quantitative estimate of drug-likeness (QED) is 0.799. The van der Waals surface area contributed by atoms with Crippen LogP contribution in [0.4, 0.5) is 11.8 Å². The summed E-state index contributed by atoms with van der Waals surface area (Å²) < 4.78 is 23.4. The van der Waals surface area contributed by atoms with E-state index in [2.05, 4.69) is 22.1 Å². The molecule has 0 amide bonds. The molecule has 0 unspecified atom stereocenters. The van der Waals surface area contributed by atoms with Gasteiger partial charge in [-0.3, -0.25) is 0 Å². The molecule has 0 atom stereocenters. The van der Waals surface area contributed by atoms with Gasteiger partial charge in [-0.05, 0) is 48.9 Å². The first-order chi connectivity index (χ1) is 13.4. The summed E-state index contributed by atoms with van der Waals surface area (Å²) >= 11 is 0. The molecule has 0 spiro atoms. The van der Waals surface area contributed by atoms with E-state index in [9.17, 15) is 8.42 Å². The van der Waals surface area contributed by atoms with Crippen LogP contribution in [0.15, 0.2) is 29.2 Å². The van der Waals surface area contributed by atoms with Gasteiger partial charge in [-0.1, -0.05) is 25.8 Å². The van der Waals surface area contributed by atoms with E-state index in [4.69, 9.17) is 10.1 Å². The highest BCUT2D eigenvalue weighted by atomic mass is 32.2. The first kappa shape index (κ1) is 19.1. The number of anilines is 2. The van der Waals surface area contributed by atoms with Crippen molar-refractivity contribution in [1.29, 1.82) is 0 Å². The average molecular weight is 402 g/mol. The Balaban J connectivity index is 1.60. The first-order valence-electron chi connectivity index (χ1n) is 9.96. The monoisotopic (exact) mass is 401 g/mol. The maximum atomic E-state index is 11.7. The van der Waals surface area contributed by atoms with Crippen LogP contribution in [0.2, 0.25) is 0 Å². The Kier molecular flexibility index (Phi) is 5.25. The summed E-state index contributed by atoms with van der Waals surface area (Å²) in [4.78, 5) is 11.8. The molecule has 0 bridgehead atoms. The lowest BCUT2D eigenvalue weighted by atomic mass is 10.00. The fourth-order valence-electron chi connectivity index (χ4n) is 4.05. The summed E-state index contributed by atoms with van der Waals surface area (Å²) in [5.41, 5.74) is 3.16. The third-order valence-corrected chi connectivity index (χ3v) is 6.57. The Morgan fingerprint density at radius 3 is 2.68 bits per heavy atom. The summed E-state index contributed by atoms with van der Waals surface area (Å²) in [5, 5.41) is 8.80. The number of aromatic nitrogens is 2. The molecule has 150 valence electrons. The van der Waals surface area contributed by atoms with Crippen molar-refractivity contribution in [2.24, 2.45) is 5.14 Å². The van der Waals surface area contributed by atoms with Crippen molar-refractivity contribution in [3.63, 3.8) is 0 Å². The van der Waals surface area contributed by atoms with Crippen molar-refractivity contribution in [1.82, 2.24) is 9.97 Å². The highest BCUT2D eigenvalue weighted by Crippen LogP contribution is 2.27. The fraction of sp³-hybridized carbons (Fsp3) is 0.500. The van der Waals surface area contributed by atoms with Crippen LogP contribution < -0.4 is 15.4 Å². The number of hydrogen-bond acceptors (Lipinski definition) is 6. The van der Waals surface area contributed by atoms with E-state index in [0.29, 0.717) is 18.5 Å². The van der Waals surface area contributed by atoms with E-state index in [1.54, 1.807) is 12.1 Å². The molecule has 2 aliphatic rings. The van der Waals surface area contributed by atoms with E-state index in [1.807, 2.05) is 12.1 Å². The lowest BCUT2D eigenvalue weighted by molar-refractivity contribution is 0.597. The van der Waals surface area contributed by atoms with Gasteiger partial charge in [-0.2, -0.15) is 4.98 Å². The van der Waals surface area contributed by atoms with Gasteiger partial charge in [0, 0.05) is 30.9 Å². The van der Waals surface area contributed by atoms with Crippen LogP contribution in [0.3, 0.4) is 0 Å². The zero-order valence-electron chi connectivity index (χ0n) is 16.2. The summed E-state index contributed by atoms with van der Waals surface area (Å²) in [5.74, 6) is 1.59. The van der Waals surface area contributed by atoms with Crippen molar-refractivity contribution in [3.05, 3.63) is 41.1 Å². The van der Waals surface area contributed by atoms with Crippen molar-refractivity contribution in [3.8, 4) is 0 Å². The van der Waals surface area contributed by atoms with Crippen molar-refractivity contribution < 1.29 is 8.42 Å². The van der Waals surface area contributed by atoms with Crippen LogP contribution in [0, 0.1) is 0 Å². The van der Waals surface area contributed by atoms with Crippen molar-refractivity contribution in [2.45, 2.75) is 62.9 Å². The van der Waals surface area contributed by atoms with Crippen LogP contribution in [0.25, 0.3) is 0 Å². The number of nitrogens with two attached hydrogens (primary N) is 1. The van der Waals surface area contributed by atoms with E-state index in [1.165, 1.54) is 25.7 Å². The Morgan fingerprint density at radius 2 is 1.96 bits per heavy atom. The Morgan fingerprint density at radius 1 is 1.18 bits per heavy atom. The lowest BCUT2D eigenvalue weighted by Gasteiger charge is -2.30. The number of nitrogens with one attached hydrogen (secondary N) is 1. The maximum absolute atomic E-state index is 11.7. The van der Waals surface area contributed by atoms with E-state index in [-0.39, 0.29) is 4.90 Å². The molecule has 0 radical (unpaired) electrons. The van der Waals surface area contributed by atoms with Gasteiger partial charge < -0.3 is 10.2 Å². The Labute approximate surface area is 166 Å². The average Bonchev–Trinajstić information content (AvgIpc) is 3.19. The summed E-state index contributed by atoms with van der Waals surface area (Å²) in [6, 6.07) is 7.65. The Bertz CT molecular complexity index is 971. The molecule has 2 heterocycles. The van der Waals surface area contributed by atoms with Crippen LogP contribution in [-0.2, 0) is 29.4 Å². The molecule has 3 N–H and O–H groups in total. The summed E-state index contributed by atoms with van der Waals surface area (Å²) in [7, 11) is -3.70. The van der Waals surface area contributed by atoms with E-state index >= 15 is 0 Å². The zero-order chi connectivity index (χ0) is 19.7. The molecular weight excluding hydrogens is 374 g/mol. The minimum atomic E-state index is -3.70. The zero-order valence-corrected chi connectivity index (χ0v) is 17.0. The summed E-state index contributed by atoms with van der Waals surface area (Å²) in [6.07, 6.45) is 6.54. The number of aryl methyl sites for hydroxylation is 1. The van der Waals surface area contributed by atoms with Crippen LogP contribution in [0.5, 0.6) is 0 Å². The predicted molar refractivity (Wildman–Crippen MR) is 110 cm³/mol. The molecule has 2 aromatic rings. The molecule has 1 aliphatic carbocycles. The molecule has 0 saturated heterocycles. The largest absolute Gasteiger partial charge is 0.352 e. The van der Waals surface area contributed by atoms with Gasteiger partial charge >= 0.3 is 0 Å². The topological polar surface area (TPSA) is 101 Å². The van der Waals surface area contributed by atoms with Gasteiger partial charge in [0.25, 0.3) is 0 Å². The molecule has 1 aliphatic heterocycles. The number of benzene rings is 1. The molecule has 7 nitrogen and oxygen atoms in total. The number of hydrogen-bond donors (Lipinski definition) is 2. The van der Waals surface area contributed by atoms with Crippen LogP contribution in [0.1, 0.15) is 49.4 Å². The van der Waals surface area contributed by atoms with Gasteiger partial charge in [0.2, 0.25) is 16.0 Å². The molecular formula is C20H27N5O2S. The number of nitrogens with zero attached hydrogens (tertiary/aromatic N) is 3. The molecule has 1 fully saturated rings. The third kappa shape index (κ3) is 4.12. The first-order valence-corrected chi connectivity index (χ1v) is 11.5. The minimum Gasteiger partial charge on any atom is -0.352 e. The molecule has 8 heteroatoms. The van der Waals surface area contributed by atoms with Gasteiger partial charge in [-0.15, -0.1) is 0 Å². The van der Waals surface area contributed by atoms with Crippen LogP contribution >= 0.6 is 0 Å². The minimum absolute atomic E-state index is 0.161. The van der Waals surface area contributed by atoms with Gasteiger partial charge in [0.1, 0.15) is 5.82 Å². The van der Waals surface area contributed by atoms with E-state index in [0.717, 1.165) is 42.0 Å². The normalized spacial score (nSPS) is 17.6. The number of sulfonamides is 1. The summed E-state index contributed by atoms with van der Waals surface area (Å²) in [6.45, 7) is 3.54.